The summed E-state index contributed by atoms with van der Waals surface area (Å²) >= 11 is 0. The minimum Gasteiger partial charge on any atom is -0.392 e. The Morgan fingerprint density at radius 1 is 1.08 bits per heavy atom. The van der Waals surface area contributed by atoms with E-state index in [0.717, 1.165) is 5.92 Å². The van der Waals surface area contributed by atoms with E-state index in [-0.39, 0.29) is 6.10 Å². The van der Waals surface area contributed by atoms with E-state index in [9.17, 15) is 5.11 Å². The van der Waals surface area contributed by atoms with Gasteiger partial charge in [-0.1, -0.05) is 19.3 Å². The predicted octanol–water partition coefficient (Wildman–Crippen LogP) is 2.33. The van der Waals surface area contributed by atoms with Gasteiger partial charge in [-0.2, -0.15) is 0 Å². The second kappa shape index (κ2) is 4.45. The molecule has 0 saturated heterocycles. The molecular formula is C12H17O. The first kappa shape index (κ1) is 9.51. The molecule has 1 nitrogen and oxygen atoms in total. The minimum atomic E-state index is -0.213. The molecule has 1 heteroatoms. The third kappa shape index (κ3) is 2.25. The fourth-order valence-corrected chi connectivity index (χ4v) is 2.31. The van der Waals surface area contributed by atoms with Crippen LogP contribution in [0.3, 0.4) is 0 Å². The third-order valence-electron chi connectivity index (χ3n) is 3.13. The first-order valence-electron chi connectivity index (χ1n) is 5.27. The fraction of sp³-hybridized carbons (Fsp3) is 0.583. The van der Waals surface area contributed by atoms with Crippen LogP contribution in [0, 0.1) is 37.5 Å². The predicted molar refractivity (Wildman–Crippen MR) is 53.0 cm³/mol. The molecule has 13 heavy (non-hydrogen) atoms. The summed E-state index contributed by atoms with van der Waals surface area (Å²) in [6.45, 7) is 0. The Labute approximate surface area is 81.5 Å². The Hall–Kier alpha value is -0.0400. The fourth-order valence-electron chi connectivity index (χ4n) is 2.31. The van der Waals surface area contributed by atoms with Gasteiger partial charge in [0.1, 0.15) is 0 Å². The van der Waals surface area contributed by atoms with Gasteiger partial charge in [-0.25, -0.2) is 0 Å². The molecule has 71 valence electrons. The molecule has 2 rings (SSSR count). The highest BCUT2D eigenvalue weighted by molar-refractivity contribution is 5.37. The Bertz CT molecular complexity index is 143. The second-order valence-electron chi connectivity index (χ2n) is 4.06. The third-order valence-corrected chi connectivity index (χ3v) is 3.13. The lowest BCUT2D eigenvalue weighted by atomic mass is 9.80. The van der Waals surface area contributed by atoms with Crippen LogP contribution in [0.15, 0.2) is 0 Å². The molecule has 0 aromatic heterocycles. The summed E-state index contributed by atoms with van der Waals surface area (Å²) < 4.78 is 0. The molecule has 1 N–H and O–H groups in total. The Balaban J connectivity index is 1.83. The standard InChI is InChI=1S/C12H17O/c13-12(11-8-4-5-9-11)10-6-2-1-3-7-10/h4-5,8-10,12-13H,1-3,6-7H2/t12-/m0/s1. The van der Waals surface area contributed by atoms with Crippen molar-refractivity contribution in [2.75, 3.05) is 0 Å². The van der Waals surface area contributed by atoms with Crippen LogP contribution in [-0.2, 0) is 0 Å². The average Bonchev–Trinajstić information content (AvgIpc) is 2.71. The summed E-state index contributed by atoms with van der Waals surface area (Å²) in [7, 11) is 0. The van der Waals surface area contributed by atoms with Gasteiger partial charge >= 0.3 is 0 Å². The van der Waals surface area contributed by atoms with Crippen LogP contribution in [0.5, 0.6) is 0 Å². The molecule has 0 spiro atoms. The Morgan fingerprint density at radius 3 is 2.31 bits per heavy atom. The highest BCUT2D eigenvalue weighted by Crippen LogP contribution is 2.35. The van der Waals surface area contributed by atoms with Crippen LogP contribution < -0.4 is 0 Å². The lowest BCUT2D eigenvalue weighted by molar-refractivity contribution is 0.103. The van der Waals surface area contributed by atoms with Crippen molar-refractivity contribution in [3.8, 4) is 0 Å². The van der Waals surface area contributed by atoms with Gasteiger partial charge in [0.25, 0.3) is 0 Å². The van der Waals surface area contributed by atoms with Gasteiger partial charge in [0.2, 0.25) is 0 Å². The molecule has 0 amide bonds. The average molecular weight is 177 g/mol. The minimum absolute atomic E-state index is 0.213. The van der Waals surface area contributed by atoms with Crippen molar-refractivity contribution >= 4 is 0 Å². The maximum Gasteiger partial charge on any atom is 0.0636 e. The van der Waals surface area contributed by atoms with Crippen molar-refractivity contribution in [1.82, 2.24) is 0 Å². The van der Waals surface area contributed by atoms with Crippen LogP contribution in [-0.4, -0.2) is 11.2 Å². The van der Waals surface area contributed by atoms with E-state index < -0.39 is 0 Å². The largest absolute Gasteiger partial charge is 0.392 e. The van der Waals surface area contributed by atoms with Crippen LogP contribution in [0.2, 0.25) is 0 Å². The topological polar surface area (TPSA) is 20.2 Å². The highest BCUT2D eigenvalue weighted by Gasteiger charge is 2.31. The van der Waals surface area contributed by atoms with E-state index in [0.29, 0.717) is 5.92 Å². The van der Waals surface area contributed by atoms with Crippen molar-refractivity contribution in [2.24, 2.45) is 5.92 Å². The first-order chi connectivity index (χ1) is 6.38. The van der Waals surface area contributed by atoms with Crippen LogP contribution in [0.25, 0.3) is 0 Å². The summed E-state index contributed by atoms with van der Waals surface area (Å²) in [5.74, 6) is 1.61. The number of hydrogen-bond donors (Lipinski definition) is 1. The molecule has 1 atom stereocenters. The first-order valence-corrected chi connectivity index (χ1v) is 5.27. The number of aliphatic hydroxyl groups excluding tert-OH is 1. The van der Waals surface area contributed by atoms with Crippen LogP contribution >= 0.6 is 0 Å². The Morgan fingerprint density at radius 2 is 1.69 bits per heavy atom. The SMILES string of the molecule is O[C@H]([C]1[CH][CH][CH][CH]1)C1CCCCC1. The van der Waals surface area contributed by atoms with Gasteiger partial charge in [0.05, 0.1) is 6.10 Å². The van der Waals surface area contributed by atoms with Crippen molar-refractivity contribution < 1.29 is 5.11 Å². The van der Waals surface area contributed by atoms with Gasteiger partial charge in [0, 0.05) is 5.92 Å². The molecule has 0 aromatic carbocycles. The normalized spacial score (nSPS) is 29.3. The molecule has 2 aliphatic carbocycles. The second-order valence-corrected chi connectivity index (χ2v) is 4.06. The monoisotopic (exact) mass is 177 g/mol. The quantitative estimate of drug-likeness (QED) is 0.686. The highest BCUT2D eigenvalue weighted by atomic mass is 16.3. The zero-order valence-electron chi connectivity index (χ0n) is 7.95. The zero-order chi connectivity index (χ0) is 9.10. The Kier molecular flexibility index (Phi) is 3.26. The molecule has 0 aliphatic heterocycles. The van der Waals surface area contributed by atoms with Gasteiger partial charge in [-0.15, -0.1) is 0 Å². The van der Waals surface area contributed by atoms with Gasteiger partial charge in [0.15, 0.2) is 0 Å². The summed E-state index contributed by atoms with van der Waals surface area (Å²) in [4.78, 5) is 0. The molecule has 0 aromatic rings. The van der Waals surface area contributed by atoms with E-state index in [4.69, 9.17) is 0 Å². The van der Waals surface area contributed by atoms with E-state index in [1.807, 2.05) is 25.7 Å². The van der Waals surface area contributed by atoms with Gasteiger partial charge in [-0.05, 0) is 44.4 Å². The van der Waals surface area contributed by atoms with E-state index in [1.165, 1.54) is 32.1 Å². The van der Waals surface area contributed by atoms with Crippen LogP contribution in [0.4, 0.5) is 0 Å². The molecule has 5 radical (unpaired) electrons. The number of aliphatic hydroxyl groups is 1. The molecule has 0 bridgehead atoms. The maximum absolute atomic E-state index is 10.0. The summed E-state index contributed by atoms with van der Waals surface area (Å²) in [5, 5.41) is 10.0. The molecule has 2 aliphatic rings. The van der Waals surface area contributed by atoms with Crippen LogP contribution in [0.1, 0.15) is 32.1 Å². The molecule has 2 fully saturated rings. The molecule has 0 unspecified atom stereocenters. The summed E-state index contributed by atoms with van der Waals surface area (Å²) in [5.41, 5.74) is 0. The molecular weight excluding hydrogens is 160 g/mol. The number of rotatable bonds is 2. The zero-order valence-corrected chi connectivity index (χ0v) is 7.95. The van der Waals surface area contributed by atoms with E-state index in [2.05, 4.69) is 0 Å². The maximum atomic E-state index is 10.0. The molecule has 0 heterocycles. The lowest BCUT2D eigenvalue weighted by Crippen LogP contribution is -2.28. The summed E-state index contributed by atoms with van der Waals surface area (Å²) in [6, 6.07) is 0. The van der Waals surface area contributed by atoms with E-state index in [1.54, 1.807) is 0 Å². The van der Waals surface area contributed by atoms with E-state index >= 15 is 0 Å². The lowest BCUT2D eigenvalue weighted by Gasteiger charge is -2.29. The van der Waals surface area contributed by atoms with Gasteiger partial charge in [-0.3, -0.25) is 0 Å². The van der Waals surface area contributed by atoms with Crippen molar-refractivity contribution in [1.29, 1.82) is 0 Å². The van der Waals surface area contributed by atoms with Crippen molar-refractivity contribution in [2.45, 2.75) is 38.2 Å². The van der Waals surface area contributed by atoms with Gasteiger partial charge < -0.3 is 5.11 Å². The van der Waals surface area contributed by atoms with Crippen molar-refractivity contribution in [3.63, 3.8) is 0 Å². The summed E-state index contributed by atoms with van der Waals surface area (Å²) in [6.07, 6.45) is 14.2. The smallest absolute Gasteiger partial charge is 0.0636 e. The van der Waals surface area contributed by atoms with Crippen molar-refractivity contribution in [3.05, 3.63) is 31.6 Å². The molecule has 2 saturated carbocycles. The number of hydrogen-bond acceptors (Lipinski definition) is 1.